The fourth-order valence-electron chi connectivity index (χ4n) is 5.20. The van der Waals surface area contributed by atoms with Gasteiger partial charge in [-0.1, -0.05) is 20.8 Å². The number of imidazole rings is 1. The van der Waals surface area contributed by atoms with E-state index in [1.807, 2.05) is 6.07 Å². The molecule has 1 aliphatic rings. The molecule has 2 aromatic carbocycles. The van der Waals surface area contributed by atoms with Gasteiger partial charge in [0.05, 0.1) is 11.0 Å². The molecule has 1 amide bonds. The molecule has 0 bridgehead atoms. The van der Waals surface area contributed by atoms with E-state index in [9.17, 15) is 18.0 Å². The third-order valence-electron chi connectivity index (χ3n) is 6.25. The van der Waals surface area contributed by atoms with Gasteiger partial charge in [0.25, 0.3) is 5.91 Å². The quantitative estimate of drug-likeness (QED) is 0.447. The molecule has 1 aliphatic carbocycles. The van der Waals surface area contributed by atoms with Crippen molar-refractivity contribution in [2.24, 2.45) is 11.3 Å². The molecule has 0 aliphatic heterocycles. The highest BCUT2D eigenvalue weighted by Gasteiger charge is 2.35. The highest BCUT2D eigenvalue weighted by molar-refractivity contribution is 5.97. The molecule has 0 spiro atoms. The van der Waals surface area contributed by atoms with E-state index in [-0.39, 0.29) is 23.1 Å². The van der Waals surface area contributed by atoms with Crippen LogP contribution < -0.4 is 15.4 Å². The summed E-state index contributed by atoms with van der Waals surface area (Å²) in [6.45, 7) is 6.79. The van der Waals surface area contributed by atoms with Crippen LogP contribution in [0.25, 0.3) is 11.0 Å². The van der Waals surface area contributed by atoms with Gasteiger partial charge in [0.2, 0.25) is 5.95 Å². The van der Waals surface area contributed by atoms with E-state index in [4.69, 9.17) is 4.98 Å². The number of carbonyl (C=O) groups excluding carboxylic acids is 1. The number of aromatic nitrogens is 2. The Morgan fingerprint density at radius 1 is 1.15 bits per heavy atom. The number of ether oxygens (including phenoxy) is 1. The smallest absolute Gasteiger partial charge is 0.406 e. The summed E-state index contributed by atoms with van der Waals surface area (Å²) >= 11 is 0. The summed E-state index contributed by atoms with van der Waals surface area (Å²) < 4.78 is 43.6. The number of hydrogen-bond donors (Lipinski definition) is 2. The summed E-state index contributed by atoms with van der Waals surface area (Å²) in [4.78, 5) is 16.9. The number of alkyl halides is 3. The molecule has 2 atom stereocenters. The Balaban J connectivity index is 1.73. The van der Waals surface area contributed by atoms with Crippen molar-refractivity contribution in [2.75, 3.05) is 12.4 Å². The molecule has 2 N–H and O–H groups in total. The average molecular weight is 475 g/mol. The highest BCUT2D eigenvalue weighted by atomic mass is 19.4. The second-order valence-electron chi connectivity index (χ2n) is 9.85. The van der Waals surface area contributed by atoms with E-state index in [0.717, 1.165) is 24.8 Å². The molecule has 4 rings (SSSR count). The van der Waals surface area contributed by atoms with Crippen molar-refractivity contribution >= 4 is 28.6 Å². The van der Waals surface area contributed by atoms with E-state index in [2.05, 4.69) is 40.7 Å². The Hall–Kier alpha value is -3.23. The summed E-state index contributed by atoms with van der Waals surface area (Å²) in [6.07, 6.45) is -1.65. The number of nitrogens with zero attached hydrogens (tertiary/aromatic N) is 2. The van der Waals surface area contributed by atoms with Gasteiger partial charge in [0.1, 0.15) is 5.75 Å². The number of benzene rings is 2. The minimum absolute atomic E-state index is 0.162. The number of carbonyl (C=O) groups is 1. The maximum atomic E-state index is 12.5. The standard InChI is InChI=1S/C25H29F3N4O2/c1-15-11-18(14-24(2,3)13-15)32-21-10-5-16(22(33)29-4)12-20(21)31-23(32)30-17-6-8-19(9-7-17)34-25(26,27)28/h5-10,12,15,18H,11,13-14H2,1-4H3,(H,29,33)(H,30,31)/t15-,18?/m0/s1. The van der Waals surface area contributed by atoms with Gasteiger partial charge in [-0.2, -0.15) is 0 Å². The Labute approximate surface area is 196 Å². The van der Waals surface area contributed by atoms with Crippen LogP contribution in [0.15, 0.2) is 42.5 Å². The van der Waals surface area contributed by atoms with E-state index in [0.29, 0.717) is 28.6 Å². The van der Waals surface area contributed by atoms with Gasteiger partial charge in [-0.25, -0.2) is 4.98 Å². The molecule has 0 saturated heterocycles. The number of hydrogen-bond acceptors (Lipinski definition) is 4. The van der Waals surface area contributed by atoms with Crippen LogP contribution >= 0.6 is 0 Å². The average Bonchev–Trinajstić information content (AvgIpc) is 3.09. The highest BCUT2D eigenvalue weighted by Crippen LogP contribution is 2.46. The molecule has 1 fully saturated rings. The molecule has 1 saturated carbocycles. The minimum Gasteiger partial charge on any atom is -0.406 e. The first-order valence-electron chi connectivity index (χ1n) is 11.3. The second kappa shape index (κ2) is 8.85. The predicted molar refractivity (Wildman–Crippen MR) is 125 cm³/mol. The number of anilines is 2. The van der Waals surface area contributed by atoms with Crippen molar-refractivity contribution < 1.29 is 22.7 Å². The number of fused-ring (bicyclic) bond motifs is 1. The SMILES string of the molecule is CNC(=O)c1ccc2c(c1)nc(Nc1ccc(OC(F)(F)F)cc1)n2C1C[C@H](C)CC(C)(C)C1. The summed E-state index contributed by atoms with van der Waals surface area (Å²) in [5, 5.41) is 5.90. The van der Waals surface area contributed by atoms with Crippen LogP contribution in [0.2, 0.25) is 0 Å². The lowest BCUT2D eigenvalue weighted by molar-refractivity contribution is -0.274. The first-order chi connectivity index (χ1) is 15.9. The van der Waals surface area contributed by atoms with Crippen molar-refractivity contribution in [3.05, 3.63) is 48.0 Å². The van der Waals surface area contributed by atoms with Gasteiger partial charge in [-0.3, -0.25) is 4.79 Å². The van der Waals surface area contributed by atoms with Gasteiger partial charge in [0, 0.05) is 24.3 Å². The first kappa shape index (κ1) is 23.9. The molecule has 9 heteroatoms. The monoisotopic (exact) mass is 474 g/mol. The third-order valence-corrected chi connectivity index (χ3v) is 6.25. The normalized spacial score (nSPS) is 20.2. The molecule has 1 aromatic heterocycles. The Morgan fingerprint density at radius 2 is 1.85 bits per heavy atom. The number of amides is 1. The van der Waals surface area contributed by atoms with Crippen molar-refractivity contribution in [1.82, 2.24) is 14.9 Å². The maximum Gasteiger partial charge on any atom is 0.573 e. The van der Waals surface area contributed by atoms with E-state index < -0.39 is 6.36 Å². The molecule has 1 heterocycles. The Bertz CT molecular complexity index is 1190. The first-order valence-corrected chi connectivity index (χ1v) is 11.3. The maximum absolute atomic E-state index is 12.5. The van der Waals surface area contributed by atoms with Gasteiger partial charge in [-0.05, 0) is 73.1 Å². The van der Waals surface area contributed by atoms with Gasteiger partial charge < -0.3 is 19.9 Å². The number of halogens is 3. The van der Waals surface area contributed by atoms with Gasteiger partial charge in [0.15, 0.2) is 0 Å². The van der Waals surface area contributed by atoms with E-state index in [1.165, 1.54) is 24.3 Å². The topological polar surface area (TPSA) is 68.2 Å². The Kier molecular flexibility index (Phi) is 6.22. The zero-order valence-corrected chi connectivity index (χ0v) is 19.7. The van der Waals surface area contributed by atoms with Crippen LogP contribution in [0.1, 0.15) is 56.4 Å². The minimum atomic E-state index is -4.74. The van der Waals surface area contributed by atoms with Crippen molar-refractivity contribution in [2.45, 2.75) is 52.4 Å². The lowest BCUT2D eigenvalue weighted by Gasteiger charge is -2.40. The largest absolute Gasteiger partial charge is 0.573 e. The third kappa shape index (κ3) is 5.29. The summed E-state index contributed by atoms with van der Waals surface area (Å²) in [5.74, 6) is 0.634. The second-order valence-corrected chi connectivity index (χ2v) is 9.85. The molecule has 3 aromatic rings. The van der Waals surface area contributed by atoms with Crippen LogP contribution in [-0.4, -0.2) is 28.9 Å². The fraction of sp³-hybridized carbons (Fsp3) is 0.440. The van der Waals surface area contributed by atoms with Crippen molar-refractivity contribution in [3.8, 4) is 5.75 Å². The van der Waals surface area contributed by atoms with Crippen molar-refractivity contribution in [3.63, 3.8) is 0 Å². The van der Waals surface area contributed by atoms with Crippen LogP contribution in [0, 0.1) is 11.3 Å². The molecule has 182 valence electrons. The van der Waals surface area contributed by atoms with E-state index in [1.54, 1.807) is 19.2 Å². The van der Waals surface area contributed by atoms with Crippen LogP contribution in [0.3, 0.4) is 0 Å². The summed E-state index contributed by atoms with van der Waals surface area (Å²) in [7, 11) is 1.58. The van der Waals surface area contributed by atoms with Gasteiger partial charge in [-0.15, -0.1) is 13.2 Å². The number of nitrogens with one attached hydrogen (secondary N) is 2. The predicted octanol–water partition coefficient (Wildman–Crippen LogP) is 6.43. The molecule has 1 unspecified atom stereocenters. The summed E-state index contributed by atoms with van der Waals surface area (Å²) in [5.41, 5.74) is 2.84. The summed E-state index contributed by atoms with van der Waals surface area (Å²) in [6, 6.07) is 11.2. The fourth-order valence-corrected chi connectivity index (χ4v) is 5.20. The van der Waals surface area contributed by atoms with E-state index >= 15 is 0 Å². The van der Waals surface area contributed by atoms with Gasteiger partial charge >= 0.3 is 6.36 Å². The van der Waals surface area contributed by atoms with Crippen molar-refractivity contribution in [1.29, 1.82) is 0 Å². The van der Waals surface area contributed by atoms with Crippen LogP contribution in [-0.2, 0) is 0 Å². The molecule has 34 heavy (non-hydrogen) atoms. The zero-order valence-electron chi connectivity index (χ0n) is 19.7. The molecule has 6 nitrogen and oxygen atoms in total. The molecular weight excluding hydrogens is 445 g/mol. The zero-order chi connectivity index (χ0) is 24.7. The molecular formula is C25H29F3N4O2. The van der Waals surface area contributed by atoms with Crippen LogP contribution in [0.4, 0.5) is 24.8 Å². The number of rotatable bonds is 5. The lowest BCUT2D eigenvalue weighted by Crippen LogP contribution is -2.29. The molecule has 0 radical (unpaired) electrons. The lowest BCUT2D eigenvalue weighted by atomic mass is 9.70. The Morgan fingerprint density at radius 3 is 2.47 bits per heavy atom. The van der Waals surface area contributed by atoms with Crippen LogP contribution in [0.5, 0.6) is 5.75 Å².